The SMILES string of the molecule is CCC[C@@H](c1c(C)cccc1C)N1CCNCC1.Cl.Cl. The first-order valence-electron chi connectivity index (χ1n) is 7.25. The number of hydrogen-bond donors (Lipinski definition) is 1. The molecule has 1 aliphatic heterocycles. The highest BCUT2D eigenvalue weighted by atomic mass is 35.5. The predicted molar refractivity (Wildman–Crippen MR) is 92.5 cm³/mol. The van der Waals surface area contributed by atoms with Crippen molar-refractivity contribution in [3.05, 3.63) is 34.9 Å². The van der Waals surface area contributed by atoms with Crippen LogP contribution in [0.1, 0.15) is 42.5 Å². The molecule has 116 valence electrons. The van der Waals surface area contributed by atoms with Crippen molar-refractivity contribution >= 4 is 24.8 Å². The van der Waals surface area contributed by atoms with Crippen LogP contribution in [0.5, 0.6) is 0 Å². The number of hydrogen-bond acceptors (Lipinski definition) is 2. The normalized spacial score (nSPS) is 16.9. The Morgan fingerprint density at radius 2 is 1.65 bits per heavy atom. The minimum absolute atomic E-state index is 0. The zero-order valence-electron chi connectivity index (χ0n) is 12.8. The maximum Gasteiger partial charge on any atom is 0.0354 e. The maximum atomic E-state index is 3.45. The number of nitrogens with zero attached hydrogens (tertiary/aromatic N) is 1. The van der Waals surface area contributed by atoms with Gasteiger partial charge in [-0.15, -0.1) is 24.8 Å². The molecule has 0 aliphatic carbocycles. The van der Waals surface area contributed by atoms with Crippen LogP contribution in [-0.4, -0.2) is 31.1 Å². The standard InChI is InChI=1S/C16H26N2.2ClH/c1-4-6-15(18-11-9-17-10-12-18)16-13(2)7-5-8-14(16)3;;/h5,7-8,15,17H,4,6,9-12H2,1-3H3;2*1H/t15-;;/m0../s1. The fourth-order valence-electron chi connectivity index (χ4n) is 3.13. The first-order valence-corrected chi connectivity index (χ1v) is 7.25. The van der Waals surface area contributed by atoms with E-state index < -0.39 is 0 Å². The fraction of sp³-hybridized carbons (Fsp3) is 0.625. The van der Waals surface area contributed by atoms with E-state index in [4.69, 9.17) is 0 Å². The average Bonchev–Trinajstić information content (AvgIpc) is 2.38. The van der Waals surface area contributed by atoms with Gasteiger partial charge in [-0.1, -0.05) is 31.5 Å². The number of rotatable bonds is 4. The predicted octanol–water partition coefficient (Wildman–Crippen LogP) is 3.89. The molecule has 0 aromatic heterocycles. The first kappa shape index (κ1) is 19.7. The van der Waals surface area contributed by atoms with Gasteiger partial charge in [-0.25, -0.2) is 0 Å². The number of aryl methyl sites for hydroxylation is 2. The topological polar surface area (TPSA) is 15.3 Å². The third kappa shape index (κ3) is 4.63. The van der Waals surface area contributed by atoms with E-state index in [1.54, 1.807) is 5.56 Å². The number of nitrogens with one attached hydrogen (secondary N) is 1. The molecule has 1 heterocycles. The van der Waals surface area contributed by atoms with Crippen molar-refractivity contribution in [1.82, 2.24) is 10.2 Å². The lowest BCUT2D eigenvalue weighted by molar-refractivity contribution is 0.163. The molecule has 1 N–H and O–H groups in total. The minimum Gasteiger partial charge on any atom is -0.314 e. The summed E-state index contributed by atoms with van der Waals surface area (Å²) in [5.74, 6) is 0. The molecule has 2 rings (SSSR count). The number of halogens is 2. The van der Waals surface area contributed by atoms with Gasteiger partial charge in [0.15, 0.2) is 0 Å². The highest BCUT2D eigenvalue weighted by molar-refractivity contribution is 5.85. The van der Waals surface area contributed by atoms with Crippen molar-refractivity contribution in [3.63, 3.8) is 0 Å². The average molecular weight is 319 g/mol. The van der Waals surface area contributed by atoms with Gasteiger partial charge in [0.2, 0.25) is 0 Å². The van der Waals surface area contributed by atoms with Gasteiger partial charge in [0.05, 0.1) is 0 Å². The molecule has 0 radical (unpaired) electrons. The molecule has 0 amide bonds. The van der Waals surface area contributed by atoms with Crippen molar-refractivity contribution in [2.75, 3.05) is 26.2 Å². The lowest BCUT2D eigenvalue weighted by Crippen LogP contribution is -2.45. The molecule has 0 unspecified atom stereocenters. The Balaban J connectivity index is 0.00000180. The molecule has 1 aromatic carbocycles. The van der Waals surface area contributed by atoms with E-state index in [1.807, 2.05) is 0 Å². The van der Waals surface area contributed by atoms with E-state index in [0.717, 1.165) is 13.1 Å². The third-order valence-electron chi connectivity index (χ3n) is 4.03. The van der Waals surface area contributed by atoms with Crippen molar-refractivity contribution < 1.29 is 0 Å². The highest BCUT2D eigenvalue weighted by Crippen LogP contribution is 2.30. The Labute approximate surface area is 136 Å². The van der Waals surface area contributed by atoms with Gasteiger partial charge in [0.25, 0.3) is 0 Å². The molecule has 1 saturated heterocycles. The van der Waals surface area contributed by atoms with Crippen LogP contribution in [0.15, 0.2) is 18.2 Å². The summed E-state index contributed by atoms with van der Waals surface area (Å²) in [4.78, 5) is 2.66. The molecule has 0 bridgehead atoms. The Kier molecular flexibility index (Phi) is 9.48. The summed E-state index contributed by atoms with van der Waals surface area (Å²) < 4.78 is 0. The summed E-state index contributed by atoms with van der Waals surface area (Å²) >= 11 is 0. The van der Waals surface area contributed by atoms with Gasteiger partial charge in [-0.2, -0.15) is 0 Å². The maximum absolute atomic E-state index is 3.45. The molecule has 1 atom stereocenters. The van der Waals surface area contributed by atoms with Crippen molar-refractivity contribution in [3.8, 4) is 0 Å². The van der Waals surface area contributed by atoms with Crippen LogP contribution in [0.25, 0.3) is 0 Å². The summed E-state index contributed by atoms with van der Waals surface area (Å²) in [6.07, 6.45) is 2.52. The molecular formula is C16H28Cl2N2. The monoisotopic (exact) mass is 318 g/mol. The number of benzene rings is 1. The van der Waals surface area contributed by atoms with E-state index in [-0.39, 0.29) is 24.8 Å². The largest absolute Gasteiger partial charge is 0.314 e. The Morgan fingerprint density at radius 1 is 1.10 bits per heavy atom. The van der Waals surface area contributed by atoms with E-state index in [0.29, 0.717) is 6.04 Å². The second-order valence-corrected chi connectivity index (χ2v) is 5.40. The summed E-state index contributed by atoms with van der Waals surface area (Å²) in [5.41, 5.74) is 4.47. The van der Waals surface area contributed by atoms with E-state index in [1.165, 1.54) is 37.1 Å². The molecule has 1 fully saturated rings. The summed E-state index contributed by atoms with van der Waals surface area (Å²) in [5, 5.41) is 3.45. The quantitative estimate of drug-likeness (QED) is 0.906. The highest BCUT2D eigenvalue weighted by Gasteiger charge is 2.23. The summed E-state index contributed by atoms with van der Waals surface area (Å²) in [6.45, 7) is 11.4. The van der Waals surface area contributed by atoms with Crippen LogP contribution >= 0.6 is 24.8 Å². The second-order valence-electron chi connectivity index (χ2n) is 5.40. The van der Waals surface area contributed by atoms with Gasteiger partial charge in [-0.05, 0) is 37.0 Å². The summed E-state index contributed by atoms with van der Waals surface area (Å²) in [7, 11) is 0. The van der Waals surface area contributed by atoms with E-state index in [9.17, 15) is 0 Å². The minimum atomic E-state index is 0. The molecule has 20 heavy (non-hydrogen) atoms. The Morgan fingerprint density at radius 3 is 2.15 bits per heavy atom. The zero-order valence-corrected chi connectivity index (χ0v) is 14.4. The molecule has 4 heteroatoms. The van der Waals surface area contributed by atoms with Gasteiger partial charge in [-0.3, -0.25) is 4.90 Å². The van der Waals surface area contributed by atoms with E-state index >= 15 is 0 Å². The lowest BCUT2D eigenvalue weighted by atomic mass is 9.92. The molecular weight excluding hydrogens is 291 g/mol. The van der Waals surface area contributed by atoms with Crippen LogP contribution < -0.4 is 5.32 Å². The van der Waals surface area contributed by atoms with Crippen molar-refractivity contribution in [1.29, 1.82) is 0 Å². The lowest BCUT2D eigenvalue weighted by Gasteiger charge is -2.36. The second kappa shape index (κ2) is 9.62. The van der Waals surface area contributed by atoms with Crippen molar-refractivity contribution in [2.24, 2.45) is 0 Å². The van der Waals surface area contributed by atoms with Crippen LogP contribution in [0.3, 0.4) is 0 Å². The van der Waals surface area contributed by atoms with Gasteiger partial charge < -0.3 is 5.32 Å². The zero-order chi connectivity index (χ0) is 13.0. The van der Waals surface area contributed by atoms with Crippen LogP contribution in [0, 0.1) is 13.8 Å². The van der Waals surface area contributed by atoms with Crippen molar-refractivity contribution in [2.45, 2.75) is 39.7 Å². The van der Waals surface area contributed by atoms with Gasteiger partial charge in [0.1, 0.15) is 0 Å². The molecule has 1 aromatic rings. The Hall–Kier alpha value is -0.280. The third-order valence-corrected chi connectivity index (χ3v) is 4.03. The van der Waals surface area contributed by atoms with Crippen LogP contribution in [0.4, 0.5) is 0 Å². The first-order chi connectivity index (χ1) is 8.74. The van der Waals surface area contributed by atoms with Gasteiger partial charge >= 0.3 is 0 Å². The smallest absolute Gasteiger partial charge is 0.0354 e. The Bertz CT molecular complexity index is 370. The van der Waals surface area contributed by atoms with Crippen LogP contribution in [-0.2, 0) is 0 Å². The summed E-state index contributed by atoms with van der Waals surface area (Å²) in [6, 6.07) is 7.30. The fourth-order valence-corrected chi connectivity index (χ4v) is 3.13. The molecule has 1 aliphatic rings. The van der Waals surface area contributed by atoms with Crippen LogP contribution in [0.2, 0.25) is 0 Å². The number of piperazine rings is 1. The van der Waals surface area contributed by atoms with E-state index in [2.05, 4.69) is 49.2 Å². The molecule has 2 nitrogen and oxygen atoms in total. The molecule has 0 spiro atoms. The van der Waals surface area contributed by atoms with Gasteiger partial charge in [0, 0.05) is 32.2 Å². The molecule has 0 saturated carbocycles.